The lowest BCUT2D eigenvalue weighted by Gasteiger charge is -2.15. The van der Waals surface area contributed by atoms with Gasteiger partial charge in [0.2, 0.25) is 0 Å². The van der Waals surface area contributed by atoms with Gasteiger partial charge in [0.05, 0.1) is 0 Å². The van der Waals surface area contributed by atoms with Gasteiger partial charge in [-0.1, -0.05) is 25.7 Å². The molecule has 2 rings (SSSR count). The molecule has 2 heteroatoms. The highest BCUT2D eigenvalue weighted by atomic mass is 32.1. The molecule has 0 spiro atoms. The predicted octanol–water partition coefficient (Wildman–Crippen LogP) is 4.20. The third-order valence-electron chi connectivity index (χ3n) is 3.72. The Balaban J connectivity index is 1.58. The average Bonchev–Trinajstić information content (AvgIpc) is 2.96. The van der Waals surface area contributed by atoms with Crippen LogP contribution in [0, 0.1) is 5.92 Å². The second-order valence-corrected chi connectivity index (χ2v) is 5.92. The lowest BCUT2D eigenvalue weighted by molar-refractivity contribution is 0.419. The summed E-state index contributed by atoms with van der Waals surface area (Å²) in [6.45, 7) is 3.36. The molecule has 1 aliphatic rings. The Morgan fingerprint density at radius 3 is 2.94 bits per heavy atom. The zero-order chi connectivity index (χ0) is 11.2. The smallest absolute Gasteiger partial charge is 0.0216 e. The number of hydrogen-bond acceptors (Lipinski definition) is 2. The summed E-state index contributed by atoms with van der Waals surface area (Å²) in [6.07, 6.45) is 8.68. The maximum atomic E-state index is 3.62. The molecular formula is C14H23NS. The molecule has 90 valence electrons. The van der Waals surface area contributed by atoms with Gasteiger partial charge < -0.3 is 5.32 Å². The third kappa shape index (κ3) is 3.91. The van der Waals surface area contributed by atoms with Crippen molar-refractivity contribution in [3.05, 3.63) is 22.4 Å². The fourth-order valence-electron chi connectivity index (χ4n) is 2.57. The van der Waals surface area contributed by atoms with Crippen LogP contribution >= 0.6 is 11.3 Å². The van der Waals surface area contributed by atoms with E-state index in [4.69, 9.17) is 0 Å². The molecular weight excluding hydrogens is 214 g/mol. The average molecular weight is 237 g/mol. The first kappa shape index (κ1) is 12.1. The van der Waals surface area contributed by atoms with Crippen molar-refractivity contribution >= 4 is 11.3 Å². The van der Waals surface area contributed by atoms with Crippen LogP contribution < -0.4 is 5.32 Å². The second kappa shape index (κ2) is 6.41. The van der Waals surface area contributed by atoms with Gasteiger partial charge in [-0.2, -0.15) is 11.3 Å². The van der Waals surface area contributed by atoms with Crippen LogP contribution in [-0.4, -0.2) is 6.04 Å². The largest absolute Gasteiger partial charge is 0.310 e. The Hall–Kier alpha value is -0.340. The lowest BCUT2D eigenvalue weighted by Crippen LogP contribution is -2.25. The van der Waals surface area contributed by atoms with E-state index in [0.717, 1.165) is 12.5 Å². The molecule has 0 saturated heterocycles. The van der Waals surface area contributed by atoms with Crippen molar-refractivity contribution in [1.29, 1.82) is 0 Å². The van der Waals surface area contributed by atoms with E-state index in [1.807, 2.05) is 0 Å². The van der Waals surface area contributed by atoms with Gasteiger partial charge in [-0.15, -0.1) is 0 Å². The first-order chi connectivity index (χ1) is 7.84. The van der Waals surface area contributed by atoms with E-state index >= 15 is 0 Å². The number of rotatable bonds is 6. The number of hydrogen-bond donors (Lipinski definition) is 1. The van der Waals surface area contributed by atoms with Crippen molar-refractivity contribution in [2.45, 2.75) is 58.0 Å². The van der Waals surface area contributed by atoms with Gasteiger partial charge in [0.15, 0.2) is 0 Å². The predicted molar refractivity (Wildman–Crippen MR) is 71.8 cm³/mol. The number of thiophene rings is 1. The van der Waals surface area contributed by atoms with E-state index in [1.165, 1.54) is 44.1 Å². The van der Waals surface area contributed by atoms with Gasteiger partial charge in [-0.3, -0.25) is 0 Å². The van der Waals surface area contributed by atoms with Crippen molar-refractivity contribution in [3.63, 3.8) is 0 Å². The zero-order valence-electron chi connectivity index (χ0n) is 10.2. The molecule has 1 aromatic rings. The molecule has 1 nitrogen and oxygen atoms in total. The number of nitrogens with one attached hydrogen (secondary N) is 1. The summed E-state index contributed by atoms with van der Waals surface area (Å²) in [5, 5.41) is 8.00. The summed E-state index contributed by atoms with van der Waals surface area (Å²) >= 11 is 1.79. The highest BCUT2D eigenvalue weighted by Crippen LogP contribution is 2.28. The molecule has 0 aliphatic heterocycles. The molecule has 0 aromatic carbocycles. The van der Waals surface area contributed by atoms with E-state index in [2.05, 4.69) is 29.1 Å². The minimum absolute atomic E-state index is 0.667. The molecule has 1 saturated carbocycles. The Labute approximate surface area is 103 Å². The van der Waals surface area contributed by atoms with Crippen LogP contribution in [0.15, 0.2) is 16.8 Å². The van der Waals surface area contributed by atoms with Crippen molar-refractivity contribution in [2.24, 2.45) is 5.92 Å². The first-order valence-corrected chi connectivity index (χ1v) is 7.53. The van der Waals surface area contributed by atoms with Crippen LogP contribution in [-0.2, 0) is 6.54 Å². The van der Waals surface area contributed by atoms with E-state index in [1.54, 1.807) is 11.3 Å². The highest BCUT2D eigenvalue weighted by Gasteiger charge is 2.15. The van der Waals surface area contributed by atoms with Crippen molar-refractivity contribution in [2.75, 3.05) is 0 Å². The summed E-state index contributed by atoms with van der Waals surface area (Å²) in [7, 11) is 0. The Morgan fingerprint density at radius 2 is 2.25 bits per heavy atom. The molecule has 1 aliphatic carbocycles. The van der Waals surface area contributed by atoms with Crippen LogP contribution in [0.3, 0.4) is 0 Å². The van der Waals surface area contributed by atoms with Crippen LogP contribution in [0.1, 0.15) is 51.0 Å². The minimum Gasteiger partial charge on any atom is -0.310 e. The van der Waals surface area contributed by atoms with Crippen LogP contribution in [0.25, 0.3) is 0 Å². The second-order valence-electron chi connectivity index (χ2n) is 5.14. The van der Waals surface area contributed by atoms with Crippen molar-refractivity contribution in [3.8, 4) is 0 Å². The van der Waals surface area contributed by atoms with Gasteiger partial charge in [0.1, 0.15) is 0 Å². The molecule has 0 bridgehead atoms. The maximum Gasteiger partial charge on any atom is 0.0216 e. The lowest BCUT2D eigenvalue weighted by atomic mass is 9.99. The fourth-order valence-corrected chi connectivity index (χ4v) is 3.24. The zero-order valence-corrected chi connectivity index (χ0v) is 11.1. The summed E-state index contributed by atoms with van der Waals surface area (Å²) < 4.78 is 0. The highest BCUT2D eigenvalue weighted by molar-refractivity contribution is 7.07. The minimum atomic E-state index is 0.667. The Bertz CT molecular complexity index is 275. The maximum absolute atomic E-state index is 3.62. The quantitative estimate of drug-likeness (QED) is 0.782. The van der Waals surface area contributed by atoms with Gasteiger partial charge in [0.25, 0.3) is 0 Å². The summed E-state index contributed by atoms with van der Waals surface area (Å²) in [6, 6.07) is 2.88. The molecule has 16 heavy (non-hydrogen) atoms. The molecule has 0 radical (unpaired) electrons. The normalized spacial score (nSPS) is 19.1. The summed E-state index contributed by atoms with van der Waals surface area (Å²) in [5.74, 6) is 1.03. The Morgan fingerprint density at radius 1 is 1.44 bits per heavy atom. The summed E-state index contributed by atoms with van der Waals surface area (Å²) in [4.78, 5) is 0. The van der Waals surface area contributed by atoms with Crippen LogP contribution in [0.4, 0.5) is 0 Å². The van der Waals surface area contributed by atoms with Gasteiger partial charge in [-0.25, -0.2) is 0 Å². The molecule has 1 unspecified atom stereocenters. The summed E-state index contributed by atoms with van der Waals surface area (Å²) in [5.41, 5.74) is 1.43. The van der Waals surface area contributed by atoms with E-state index < -0.39 is 0 Å². The molecule has 1 heterocycles. The molecule has 1 fully saturated rings. The topological polar surface area (TPSA) is 12.0 Å². The standard InChI is InChI=1S/C14H23NS/c1-12(6-7-13-4-2-3-5-13)15-10-14-8-9-16-11-14/h8-9,11-13,15H,2-7,10H2,1H3. The van der Waals surface area contributed by atoms with Gasteiger partial charge in [0, 0.05) is 12.6 Å². The molecule has 1 N–H and O–H groups in total. The van der Waals surface area contributed by atoms with Crippen molar-refractivity contribution < 1.29 is 0 Å². The van der Waals surface area contributed by atoms with Crippen molar-refractivity contribution in [1.82, 2.24) is 5.32 Å². The van der Waals surface area contributed by atoms with E-state index in [-0.39, 0.29) is 0 Å². The Kier molecular flexibility index (Phi) is 4.86. The third-order valence-corrected chi connectivity index (χ3v) is 4.45. The van der Waals surface area contributed by atoms with Gasteiger partial charge >= 0.3 is 0 Å². The molecule has 0 amide bonds. The fraction of sp³-hybridized carbons (Fsp3) is 0.714. The van der Waals surface area contributed by atoms with Crippen LogP contribution in [0.5, 0.6) is 0 Å². The van der Waals surface area contributed by atoms with Crippen LogP contribution in [0.2, 0.25) is 0 Å². The monoisotopic (exact) mass is 237 g/mol. The SMILES string of the molecule is CC(CCC1CCCC1)NCc1ccsc1. The molecule has 1 aromatic heterocycles. The molecule has 1 atom stereocenters. The van der Waals surface area contributed by atoms with Gasteiger partial charge in [-0.05, 0) is 48.1 Å². The van der Waals surface area contributed by atoms with E-state index in [0.29, 0.717) is 6.04 Å². The van der Waals surface area contributed by atoms with E-state index in [9.17, 15) is 0 Å². The first-order valence-electron chi connectivity index (χ1n) is 6.59.